The zero-order valence-electron chi connectivity index (χ0n) is 17.3. The van der Waals surface area contributed by atoms with Crippen LogP contribution in [0.15, 0.2) is 48.5 Å². The first kappa shape index (κ1) is 19.1. The Hall–Kier alpha value is -2.86. The van der Waals surface area contributed by atoms with Crippen LogP contribution in [0.1, 0.15) is 37.4 Å². The summed E-state index contributed by atoms with van der Waals surface area (Å²) in [5.74, 6) is 1.58. The smallest absolute Gasteiger partial charge is 0.238 e. The molecule has 30 heavy (non-hydrogen) atoms. The first-order chi connectivity index (χ1) is 14.7. The number of likely N-dealkylation sites (tertiary alicyclic amines) is 1. The summed E-state index contributed by atoms with van der Waals surface area (Å²) in [5.41, 5.74) is 4.26. The summed E-state index contributed by atoms with van der Waals surface area (Å²) in [7, 11) is 0. The third-order valence-electron chi connectivity index (χ3n) is 6.37. The molecule has 6 nitrogen and oxygen atoms in total. The molecule has 2 fully saturated rings. The number of amides is 1. The summed E-state index contributed by atoms with van der Waals surface area (Å²) in [6, 6.07) is 16.4. The van der Waals surface area contributed by atoms with Crippen molar-refractivity contribution in [2.45, 2.75) is 31.6 Å². The van der Waals surface area contributed by atoms with E-state index in [1.54, 1.807) is 0 Å². The van der Waals surface area contributed by atoms with Gasteiger partial charge in [-0.2, -0.15) is 0 Å². The van der Waals surface area contributed by atoms with E-state index in [-0.39, 0.29) is 5.91 Å². The summed E-state index contributed by atoms with van der Waals surface area (Å²) in [4.78, 5) is 25.4. The highest BCUT2D eigenvalue weighted by Gasteiger charge is 2.24. The molecule has 0 bridgehead atoms. The Balaban J connectivity index is 1.11. The molecule has 0 saturated carbocycles. The largest absolute Gasteiger partial charge is 0.372 e. The molecule has 0 radical (unpaired) electrons. The first-order valence-electron chi connectivity index (χ1n) is 11.1. The lowest BCUT2D eigenvalue weighted by Gasteiger charge is -2.30. The number of rotatable bonds is 5. The fourth-order valence-corrected chi connectivity index (χ4v) is 4.66. The van der Waals surface area contributed by atoms with Gasteiger partial charge in [0.1, 0.15) is 5.82 Å². The van der Waals surface area contributed by atoms with E-state index in [9.17, 15) is 4.79 Å². The monoisotopic (exact) mass is 403 g/mol. The molecule has 2 saturated heterocycles. The van der Waals surface area contributed by atoms with Crippen LogP contribution in [0.4, 0.5) is 11.4 Å². The van der Waals surface area contributed by atoms with Crippen molar-refractivity contribution in [2.24, 2.45) is 0 Å². The lowest BCUT2D eigenvalue weighted by molar-refractivity contribution is -0.117. The predicted molar refractivity (Wildman–Crippen MR) is 121 cm³/mol. The second-order valence-corrected chi connectivity index (χ2v) is 8.48. The zero-order valence-corrected chi connectivity index (χ0v) is 17.3. The maximum absolute atomic E-state index is 12.5. The van der Waals surface area contributed by atoms with E-state index in [1.165, 1.54) is 18.5 Å². The molecule has 6 heteroatoms. The number of imidazole rings is 1. The SMILES string of the molecule is O=C(CN1CCC(c2nc3ccccc3[nH]2)CC1)Nc1ccc(N2CCCC2)cc1. The van der Waals surface area contributed by atoms with Gasteiger partial charge >= 0.3 is 0 Å². The lowest BCUT2D eigenvalue weighted by atomic mass is 9.96. The Bertz CT molecular complexity index is 965. The molecule has 0 unspecified atom stereocenters. The second-order valence-electron chi connectivity index (χ2n) is 8.48. The van der Waals surface area contributed by atoms with E-state index in [1.807, 2.05) is 30.3 Å². The number of aromatic nitrogens is 2. The van der Waals surface area contributed by atoms with E-state index in [0.717, 1.165) is 61.6 Å². The van der Waals surface area contributed by atoms with Crippen molar-refractivity contribution in [1.82, 2.24) is 14.9 Å². The number of fused-ring (bicyclic) bond motifs is 1. The number of hydrogen-bond donors (Lipinski definition) is 2. The third-order valence-corrected chi connectivity index (χ3v) is 6.37. The van der Waals surface area contributed by atoms with Crippen molar-refractivity contribution in [3.8, 4) is 0 Å². The Morgan fingerprint density at radius 1 is 1.00 bits per heavy atom. The van der Waals surface area contributed by atoms with E-state index >= 15 is 0 Å². The maximum atomic E-state index is 12.5. The number of para-hydroxylation sites is 2. The normalized spacial score (nSPS) is 18.2. The fraction of sp³-hybridized carbons (Fsp3) is 0.417. The minimum Gasteiger partial charge on any atom is -0.372 e. The number of anilines is 2. The van der Waals surface area contributed by atoms with Crippen molar-refractivity contribution < 1.29 is 4.79 Å². The van der Waals surface area contributed by atoms with Crippen molar-refractivity contribution in [3.05, 3.63) is 54.4 Å². The fourth-order valence-electron chi connectivity index (χ4n) is 4.66. The molecule has 2 aliphatic rings. The Morgan fingerprint density at radius 2 is 1.73 bits per heavy atom. The quantitative estimate of drug-likeness (QED) is 0.676. The number of carbonyl (C=O) groups is 1. The molecule has 3 heterocycles. The number of hydrogen-bond acceptors (Lipinski definition) is 4. The predicted octanol–water partition coefficient (Wildman–Crippen LogP) is 3.98. The Morgan fingerprint density at radius 3 is 2.47 bits per heavy atom. The third kappa shape index (κ3) is 4.19. The van der Waals surface area contributed by atoms with Crippen LogP contribution in [0.5, 0.6) is 0 Å². The molecule has 1 aromatic heterocycles. The van der Waals surface area contributed by atoms with Gasteiger partial charge in [-0.3, -0.25) is 9.69 Å². The molecule has 3 aromatic rings. The number of nitrogens with zero attached hydrogens (tertiary/aromatic N) is 3. The van der Waals surface area contributed by atoms with E-state index < -0.39 is 0 Å². The molecular formula is C24H29N5O. The minimum absolute atomic E-state index is 0.0612. The van der Waals surface area contributed by atoms with Crippen molar-refractivity contribution in [3.63, 3.8) is 0 Å². The van der Waals surface area contributed by atoms with Gasteiger partial charge in [-0.15, -0.1) is 0 Å². The molecule has 2 N–H and O–H groups in total. The zero-order chi connectivity index (χ0) is 20.3. The molecule has 2 aliphatic heterocycles. The minimum atomic E-state index is 0.0612. The number of aromatic amines is 1. The van der Waals surface area contributed by atoms with Crippen LogP contribution in [0.25, 0.3) is 11.0 Å². The highest BCUT2D eigenvalue weighted by molar-refractivity contribution is 5.92. The van der Waals surface area contributed by atoms with Gasteiger partial charge in [0.25, 0.3) is 0 Å². The number of piperidine rings is 1. The van der Waals surface area contributed by atoms with Crippen LogP contribution >= 0.6 is 0 Å². The van der Waals surface area contributed by atoms with E-state index in [2.05, 4.69) is 38.3 Å². The number of nitrogens with one attached hydrogen (secondary N) is 2. The number of carbonyl (C=O) groups excluding carboxylic acids is 1. The summed E-state index contributed by atoms with van der Waals surface area (Å²) < 4.78 is 0. The summed E-state index contributed by atoms with van der Waals surface area (Å²) in [6.07, 6.45) is 4.59. The Labute approximate surface area is 177 Å². The van der Waals surface area contributed by atoms with Crippen LogP contribution < -0.4 is 10.2 Å². The van der Waals surface area contributed by atoms with Gasteiger partial charge in [-0.1, -0.05) is 12.1 Å². The van der Waals surface area contributed by atoms with Gasteiger partial charge in [-0.05, 0) is 75.2 Å². The van der Waals surface area contributed by atoms with Gasteiger partial charge in [-0.25, -0.2) is 4.98 Å². The second kappa shape index (κ2) is 8.48. The lowest BCUT2D eigenvalue weighted by Crippen LogP contribution is -2.38. The van der Waals surface area contributed by atoms with Crippen LogP contribution in [0.2, 0.25) is 0 Å². The van der Waals surface area contributed by atoms with Crippen LogP contribution in [0, 0.1) is 0 Å². The van der Waals surface area contributed by atoms with Crippen molar-refractivity contribution >= 4 is 28.3 Å². The molecule has 0 atom stereocenters. The van der Waals surface area contributed by atoms with Crippen LogP contribution in [-0.2, 0) is 4.79 Å². The highest BCUT2D eigenvalue weighted by Crippen LogP contribution is 2.28. The summed E-state index contributed by atoms with van der Waals surface area (Å²) in [6.45, 7) is 4.55. The molecule has 0 aliphatic carbocycles. The van der Waals surface area contributed by atoms with E-state index in [0.29, 0.717) is 12.5 Å². The molecule has 2 aromatic carbocycles. The topological polar surface area (TPSA) is 64.3 Å². The maximum Gasteiger partial charge on any atom is 0.238 e. The van der Waals surface area contributed by atoms with Gasteiger partial charge in [0, 0.05) is 30.4 Å². The number of benzene rings is 2. The average molecular weight is 404 g/mol. The van der Waals surface area contributed by atoms with Crippen molar-refractivity contribution in [2.75, 3.05) is 42.9 Å². The molecular weight excluding hydrogens is 374 g/mol. The van der Waals surface area contributed by atoms with Gasteiger partial charge in [0.15, 0.2) is 0 Å². The van der Waals surface area contributed by atoms with Gasteiger partial charge in [0.05, 0.1) is 17.6 Å². The highest BCUT2D eigenvalue weighted by atomic mass is 16.2. The summed E-state index contributed by atoms with van der Waals surface area (Å²) >= 11 is 0. The Kier molecular flexibility index (Phi) is 5.41. The molecule has 156 valence electrons. The van der Waals surface area contributed by atoms with E-state index in [4.69, 9.17) is 4.98 Å². The van der Waals surface area contributed by atoms with Crippen molar-refractivity contribution in [1.29, 1.82) is 0 Å². The van der Waals surface area contributed by atoms with Crippen LogP contribution in [-0.4, -0.2) is 53.5 Å². The van der Waals surface area contributed by atoms with Crippen LogP contribution in [0.3, 0.4) is 0 Å². The molecule has 0 spiro atoms. The first-order valence-corrected chi connectivity index (χ1v) is 11.1. The average Bonchev–Trinajstić information content (AvgIpc) is 3.45. The van der Waals surface area contributed by atoms with Gasteiger partial charge < -0.3 is 15.2 Å². The molecule has 1 amide bonds. The standard InChI is InChI=1S/C24H29N5O/c30-23(25-19-7-9-20(10-8-19)29-13-3-4-14-29)17-28-15-11-18(12-16-28)24-26-21-5-1-2-6-22(21)27-24/h1-2,5-10,18H,3-4,11-17H2,(H,25,30)(H,26,27). The van der Waals surface area contributed by atoms with Gasteiger partial charge in [0.2, 0.25) is 5.91 Å². The number of H-pyrrole nitrogens is 1. The molecule has 5 rings (SSSR count). The summed E-state index contributed by atoms with van der Waals surface area (Å²) in [5, 5.41) is 3.05.